The van der Waals surface area contributed by atoms with Crippen molar-refractivity contribution in [3.63, 3.8) is 0 Å². The van der Waals surface area contributed by atoms with Gasteiger partial charge in [0, 0.05) is 169 Å². The van der Waals surface area contributed by atoms with E-state index in [-0.39, 0.29) is 77.7 Å². The van der Waals surface area contributed by atoms with Gasteiger partial charge in [0.25, 0.3) is 0 Å². The van der Waals surface area contributed by atoms with Crippen LogP contribution in [0.5, 0.6) is 0 Å². The molecule has 0 saturated carbocycles. The minimum atomic E-state index is -0.948. The van der Waals surface area contributed by atoms with Crippen molar-refractivity contribution < 1.29 is 69.3 Å². The molecule has 1 aliphatic rings. The number of carbonyl (C=O) groups excluding carboxylic acids is 2. The summed E-state index contributed by atoms with van der Waals surface area (Å²) in [6, 6.07) is 23.3. The van der Waals surface area contributed by atoms with Crippen LogP contribution in [0.15, 0.2) is 97.6 Å². The fourth-order valence-corrected chi connectivity index (χ4v) is 7.47. The first-order valence-corrected chi connectivity index (χ1v) is 21.8. The minimum Gasteiger partial charge on any atom is -0.481 e. The van der Waals surface area contributed by atoms with Gasteiger partial charge in [-0.15, -0.1) is 0 Å². The standard InChI is InChI=1S/C46H63N11O6.Gd/c58-43(14-9-21-56(32-39-10-1-5-16-47-39)33-40-11-2-6-17-48-40)36-53-26-24-52(22-15-45(60)61)25-27-54(29-31-55(30-28-53)38-46(62)63)37-44(59)51-20-23-57(34-41-12-3-7-18-49-41)35-42-13-4-8-19-50-42;/h1-8,10-13,16-19H,9,14-15,20-38H2,(H,51,59)(H,60,61)(H,62,63);. The Morgan fingerprint density at radius 3 is 1.33 bits per heavy atom. The molecule has 4 aromatic rings. The molecular weight excluding hydrogens is 960 g/mol. The molecule has 0 spiro atoms. The SMILES string of the molecule is O=C(O)CCN1CCN(CC(=O)CCCN(Cc2ccccn2)Cc2ccccn2)CCN(CC(=O)O)CCN(CC(=O)NCCN(Cc2ccccn2)Cc2ccccn2)CC1.[Gd]. The Kier molecular flexibility index (Phi) is 24.6. The number of Topliss-reactive ketones (excluding diaryl/α,β-unsaturated/α-hetero) is 1. The number of nitrogens with one attached hydrogen (secondary N) is 1. The van der Waals surface area contributed by atoms with Gasteiger partial charge in [-0.3, -0.25) is 63.6 Å². The number of amides is 1. The Hall–Kier alpha value is -4.24. The smallest absolute Gasteiger partial charge is 0.317 e. The number of pyridine rings is 4. The van der Waals surface area contributed by atoms with Crippen LogP contribution in [-0.2, 0) is 45.4 Å². The normalized spacial score (nSPS) is 14.9. The second kappa shape index (κ2) is 30.1. The zero-order valence-corrected chi connectivity index (χ0v) is 38.9. The number of carboxylic acids is 2. The van der Waals surface area contributed by atoms with Crippen LogP contribution in [0.1, 0.15) is 42.0 Å². The molecule has 0 bridgehead atoms. The van der Waals surface area contributed by atoms with Gasteiger partial charge in [-0.2, -0.15) is 0 Å². The maximum absolute atomic E-state index is 13.5. The Bertz CT molecular complexity index is 1740. The van der Waals surface area contributed by atoms with Gasteiger partial charge in [0.2, 0.25) is 5.91 Å². The number of rotatable bonds is 24. The fourth-order valence-electron chi connectivity index (χ4n) is 7.47. The van der Waals surface area contributed by atoms with Crippen LogP contribution in [0, 0.1) is 39.9 Å². The summed E-state index contributed by atoms with van der Waals surface area (Å²) < 4.78 is 0. The van der Waals surface area contributed by atoms with Crippen LogP contribution in [0.3, 0.4) is 0 Å². The molecule has 17 nitrogen and oxygen atoms in total. The third kappa shape index (κ3) is 21.6. The maximum atomic E-state index is 13.5. The molecule has 64 heavy (non-hydrogen) atoms. The largest absolute Gasteiger partial charge is 0.481 e. The summed E-state index contributed by atoms with van der Waals surface area (Å²) in [4.78, 5) is 80.9. The van der Waals surface area contributed by atoms with Crippen molar-refractivity contribution in [2.75, 3.05) is 98.2 Å². The van der Waals surface area contributed by atoms with E-state index in [0.29, 0.717) is 118 Å². The van der Waals surface area contributed by atoms with Gasteiger partial charge >= 0.3 is 11.9 Å². The average molecular weight is 1020 g/mol. The summed E-state index contributed by atoms with van der Waals surface area (Å²) in [6.07, 6.45) is 8.07. The van der Waals surface area contributed by atoms with Gasteiger partial charge < -0.3 is 20.4 Å². The zero-order chi connectivity index (χ0) is 44.5. The maximum Gasteiger partial charge on any atom is 0.317 e. The van der Waals surface area contributed by atoms with E-state index in [0.717, 1.165) is 22.8 Å². The van der Waals surface area contributed by atoms with E-state index in [9.17, 15) is 29.4 Å². The van der Waals surface area contributed by atoms with Crippen LogP contribution < -0.4 is 5.32 Å². The predicted octanol–water partition coefficient (Wildman–Crippen LogP) is 2.22. The summed E-state index contributed by atoms with van der Waals surface area (Å²) in [7, 11) is 0. The first-order chi connectivity index (χ1) is 30.7. The third-order valence-corrected chi connectivity index (χ3v) is 10.8. The topological polar surface area (TPSA) is 192 Å². The van der Waals surface area contributed by atoms with Crippen LogP contribution in [0.4, 0.5) is 0 Å². The van der Waals surface area contributed by atoms with E-state index >= 15 is 0 Å². The Morgan fingerprint density at radius 1 is 0.516 bits per heavy atom. The number of carbonyl (C=O) groups is 4. The molecule has 0 aromatic carbocycles. The van der Waals surface area contributed by atoms with Crippen LogP contribution in [0.2, 0.25) is 0 Å². The van der Waals surface area contributed by atoms with Gasteiger partial charge in [-0.25, -0.2) is 0 Å². The zero-order valence-electron chi connectivity index (χ0n) is 36.6. The summed E-state index contributed by atoms with van der Waals surface area (Å²) in [5.41, 5.74) is 3.72. The second-order valence-electron chi connectivity index (χ2n) is 15.9. The number of nitrogens with zero attached hydrogens (tertiary/aromatic N) is 10. The number of ketones is 1. The first kappa shape index (κ1) is 52.4. The van der Waals surface area contributed by atoms with Crippen LogP contribution in [-0.4, -0.2) is 181 Å². The van der Waals surface area contributed by atoms with E-state index in [2.05, 4.69) is 44.9 Å². The minimum absolute atomic E-state index is 0. The van der Waals surface area contributed by atoms with Crippen molar-refractivity contribution >= 4 is 23.6 Å². The van der Waals surface area contributed by atoms with Crippen molar-refractivity contribution in [1.82, 2.24) is 54.7 Å². The van der Waals surface area contributed by atoms with Gasteiger partial charge in [0.1, 0.15) is 5.78 Å². The predicted molar refractivity (Wildman–Crippen MR) is 238 cm³/mol. The van der Waals surface area contributed by atoms with Gasteiger partial charge in [-0.05, 0) is 61.5 Å². The first-order valence-electron chi connectivity index (χ1n) is 21.8. The molecule has 4 aromatic heterocycles. The van der Waals surface area contributed by atoms with Crippen LogP contribution >= 0.6 is 0 Å². The monoisotopic (exact) mass is 1020 g/mol. The number of carboxylic acid groups (broad SMARTS) is 2. The molecule has 1 amide bonds. The quantitative estimate of drug-likeness (QED) is 0.0926. The van der Waals surface area contributed by atoms with E-state index < -0.39 is 11.9 Å². The molecule has 18 heteroatoms. The van der Waals surface area contributed by atoms with Gasteiger partial charge in [0.05, 0.1) is 48.8 Å². The molecule has 1 aliphatic heterocycles. The van der Waals surface area contributed by atoms with E-state index in [1.807, 2.05) is 82.6 Å². The molecule has 1 fully saturated rings. The Morgan fingerprint density at radius 2 is 0.922 bits per heavy atom. The van der Waals surface area contributed by atoms with Gasteiger partial charge in [0.15, 0.2) is 0 Å². The average Bonchev–Trinajstić information content (AvgIpc) is 3.27. The van der Waals surface area contributed by atoms with Gasteiger partial charge in [-0.1, -0.05) is 24.3 Å². The van der Waals surface area contributed by atoms with Crippen molar-refractivity contribution in [3.8, 4) is 0 Å². The number of hydrogen-bond acceptors (Lipinski definition) is 14. The van der Waals surface area contributed by atoms with Crippen molar-refractivity contribution in [1.29, 1.82) is 0 Å². The van der Waals surface area contributed by atoms with Crippen molar-refractivity contribution in [3.05, 3.63) is 120 Å². The molecule has 0 unspecified atom stereocenters. The summed E-state index contributed by atoms with van der Waals surface area (Å²) >= 11 is 0. The molecule has 5 heterocycles. The Balaban J connectivity index is 0.00000898. The number of aromatic nitrogens is 4. The molecule has 1 saturated heterocycles. The molecule has 346 valence electrons. The van der Waals surface area contributed by atoms with Crippen molar-refractivity contribution in [2.45, 2.75) is 45.4 Å². The third-order valence-electron chi connectivity index (χ3n) is 10.8. The summed E-state index contributed by atoms with van der Waals surface area (Å²) in [5, 5.41) is 22.4. The molecule has 0 radical (unpaired) electrons. The fraction of sp³-hybridized carbons (Fsp3) is 0.478. The second-order valence-corrected chi connectivity index (χ2v) is 15.9. The van der Waals surface area contributed by atoms with E-state index in [1.165, 1.54) is 0 Å². The summed E-state index contributed by atoms with van der Waals surface area (Å²) in [6.45, 7) is 8.31. The Labute approximate surface area is 408 Å². The molecule has 3 N–H and O–H groups in total. The van der Waals surface area contributed by atoms with E-state index in [4.69, 9.17) is 0 Å². The number of hydrogen-bond donors (Lipinski definition) is 3. The molecular formula is C46H63GdN11O6. The van der Waals surface area contributed by atoms with E-state index in [1.54, 1.807) is 24.8 Å². The molecule has 5 rings (SSSR count). The van der Waals surface area contributed by atoms with Crippen molar-refractivity contribution in [2.24, 2.45) is 0 Å². The molecule has 0 atom stereocenters. The number of aliphatic carboxylic acids is 2. The summed E-state index contributed by atoms with van der Waals surface area (Å²) in [5.74, 6) is -1.90. The van der Waals surface area contributed by atoms with Crippen LogP contribution in [0.25, 0.3) is 0 Å². The molecule has 0 aliphatic carbocycles.